The van der Waals surface area contributed by atoms with Crippen LogP contribution in [0.4, 0.5) is 5.69 Å². The summed E-state index contributed by atoms with van der Waals surface area (Å²) in [6.07, 6.45) is 2.44. The van der Waals surface area contributed by atoms with Crippen molar-refractivity contribution in [1.82, 2.24) is 0 Å². The number of benzene rings is 2. The zero-order valence-corrected chi connectivity index (χ0v) is 17.8. The van der Waals surface area contributed by atoms with E-state index in [1.54, 1.807) is 12.1 Å². The van der Waals surface area contributed by atoms with Crippen LogP contribution in [-0.2, 0) is 9.84 Å². The fourth-order valence-corrected chi connectivity index (χ4v) is 6.81. The molecule has 2 aromatic rings. The Morgan fingerprint density at radius 1 is 1.14 bits per heavy atom. The van der Waals surface area contributed by atoms with E-state index < -0.39 is 21.4 Å². The Morgan fingerprint density at radius 3 is 2.46 bits per heavy atom. The second kappa shape index (κ2) is 8.26. The molecule has 0 aliphatic carbocycles. The first-order valence-corrected chi connectivity index (χ1v) is 11.8. The van der Waals surface area contributed by atoms with Gasteiger partial charge in [0.05, 0.1) is 16.8 Å². The summed E-state index contributed by atoms with van der Waals surface area (Å²) >= 11 is 0. The van der Waals surface area contributed by atoms with Crippen LogP contribution in [0.2, 0.25) is 0 Å². The minimum absolute atomic E-state index is 0.00704. The first kappa shape index (κ1) is 20.9. The lowest BCUT2D eigenvalue weighted by Crippen LogP contribution is -2.42. The number of hydrogen-bond acceptors (Lipinski definition) is 4. The molecule has 1 aliphatic heterocycles. The third kappa shape index (κ3) is 3.70. The van der Waals surface area contributed by atoms with Crippen molar-refractivity contribution < 1.29 is 13.5 Å². The van der Waals surface area contributed by atoms with Gasteiger partial charge in [-0.15, -0.1) is 0 Å². The third-order valence-corrected chi connectivity index (χ3v) is 8.28. The quantitative estimate of drug-likeness (QED) is 0.743. The van der Waals surface area contributed by atoms with Crippen molar-refractivity contribution in [1.29, 1.82) is 0 Å². The number of aliphatic hydroxyl groups is 1. The predicted molar refractivity (Wildman–Crippen MR) is 115 cm³/mol. The Labute approximate surface area is 168 Å². The van der Waals surface area contributed by atoms with Gasteiger partial charge in [0.25, 0.3) is 0 Å². The molecule has 1 heterocycles. The molecule has 3 rings (SSSR count). The number of rotatable bonds is 6. The standard InChI is InChI=1S/C23H31NO3S/c1-4-6-14-23(5-2)16-28(26,27)20-13-12-18(24-3)15-19(20)21(22(23)25)17-10-8-7-9-11-17/h7-13,15,21-22,24-25H,4-6,14,16H2,1-3H3/t21-,22-,23+/m0/s1. The van der Waals surface area contributed by atoms with E-state index in [1.165, 1.54) is 0 Å². The molecule has 0 fully saturated rings. The van der Waals surface area contributed by atoms with Crippen LogP contribution in [-0.4, -0.2) is 32.4 Å². The largest absolute Gasteiger partial charge is 0.392 e. The van der Waals surface area contributed by atoms with Gasteiger partial charge in [0, 0.05) is 24.1 Å². The fraction of sp³-hybridized carbons (Fsp3) is 0.478. The molecule has 0 amide bonds. The van der Waals surface area contributed by atoms with E-state index in [4.69, 9.17) is 0 Å². The van der Waals surface area contributed by atoms with Gasteiger partial charge in [0.2, 0.25) is 0 Å². The second-order valence-electron chi connectivity index (χ2n) is 7.91. The zero-order valence-electron chi connectivity index (χ0n) is 17.0. The minimum Gasteiger partial charge on any atom is -0.392 e. The van der Waals surface area contributed by atoms with E-state index in [0.29, 0.717) is 23.3 Å². The molecule has 0 spiro atoms. The average molecular weight is 402 g/mol. The van der Waals surface area contributed by atoms with Gasteiger partial charge < -0.3 is 10.4 Å². The van der Waals surface area contributed by atoms with Crippen LogP contribution in [0.25, 0.3) is 0 Å². The van der Waals surface area contributed by atoms with Gasteiger partial charge in [-0.3, -0.25) is 0 Å². The van der Waals surface area contributed by atoms with Crippen molar-refractivity contribution in [3.8, 4) is 0 Å². The van der Waals surface area contributed by atoms with Crippen molar-refractivity contribution in [2.24, 2.45) is 5.41 Å². The first-order chi connectivity index (χ1) is 13.4. The lowest BCUT2D eigenvalue weighted by molar-refractivity contribution is 0.0174. The molecular formula is C23H31NO3S. The molecule has 3 atom stereocenters. The Morgan fingerprint density at radius 2 is 1.86 bits per heavy atom. The molecule has 0 bridgehead atoms. The summed E-state index contributed by atoms with van der Waals surface area (Å²) in [5.41, 5.74) is 1.83. The summed E-state index contributed by atoms with van der Waals surface area (Å²) < 4.78 is 26.8. The highest BCUT2D eigenvalue weighted by molar-refractivity contribution is 7.91. The van der Waals surface area contributed by atoms with Crippen molar-refractivity contribution in [2.75, 3.05) is 18.1 Å². The van der Waals surface area contributed by atoms with Gasteiger partial charge in [-0.1, -0.05) is 57.0 Å². The third-order valence-electron chi connectivity index (χ3n) is 6.28. The van der Waals surface area contributed by atoms with Crippen LogP contribution in [0.3, 0.4) is 0 Å². The van der Waals surface area contributed by atoms with Crippen LogP contribution in [0.15, 0.2) is 53.4 Å². The van der Waals surface area contributed by atoms with Crippen molar-refractivity contribution in [3.05, 3.63) is 59.7 Å². The summed E-state index contributed by atoms with van der Waals surface area (Å²) in [6.45, 7) is 4.11. The maximum atomic E-state index is 13.4. The zero-order chi connectivity index (χ0) is 20.4. The van der Waals surface area contributed by atoms with Crippen LogP contribution in [0, 0.1) is 5.41 Å². The Hall–Kier alpha value is -1.85. The number of aliphatic hydroxyl groups excluding tert-OH is 1. The van der Waals surface area contributed by atoms with Crippen LogP contribution in [0.5, 0.6) is 0 Å². The van der Waals surface area contributed by atoms with Gasteiger partial charge in [-0.25, -0.2) is 8.42 Å². The van der Waals surface area contributed by atoms with Crippen LogP contribution in [0.1, 0.15) is 56.6 Å². The highest BCUT2D eigenvalue weighted by Crippen LogP contribution is 2.49. The van der Waals surface area contributed by atoms with Crippen molar-refractivity contribution in [3.63, 3.8) is 0 Å². The SMILES string of the molecule is CCCC[C@]1(CC)CS(=O)(=O)c2ccc(NC)cc2[C@H](c2ccccc2)[C@@H]1O. The molecule has 2 N–H and O–H groups in total. The Bertz CT molecular complexity index is 911. The van der Waals surface area contributed by atoms with E-state index in [0.717, 1.165) is 24.1 Å². The number of sulfone groups is 1. The van der Waals surface area contributed by atoms with Crippen LogP contribution < -0.4 is 5.32 Å². The normalized spacial score (nSPS) is 26.3. The van der Waals surface area contributed by atoms with E-state index in [1.807, 2.05) is 50.4 Å². The second-order valence-corrected chi connectivity index (χ2v) is 9.87. The molecule has 152 valence electrons. The molecule has 0 unspecified atom stereocenters. The maximum absolute atomic E-state index is 13.4. The lowest BCUT2D eigenvalue weighted by Gasteiger charge is -2.39. The number of unbranched alkanes of at least 4 members (excludes halogenated alkanes) is 1. The molecular weight excluding hydrogens is 370 g/mol. The predicted octanol–water partition coefficient (Wildman–Crippen LogP) is 4.60. The molecule has 5 heteroatoms. The topological polar surface area (TPSA) is 66.4 Å². The minimum atomic E-state index is -3.52. The molecule has 0 saturated carbocycles. The molecule has 2 aromatic carbocycles. The number of fused-ring (bicyclic) bond motifs is 1. The van der Waals surface area contributed by atoms with Gasteiger partial charge in [-0.05, 0) is 42.2 Å². The maximum Gasteiger partial charge on any atom is 0.179 e. The number of nitrogens with one attached hydrogen (secondary N) is 1. The van der Waals surface area contributed by atoms with E-state index in [-0.39, 0.29) is 11.7 Å². The van der Waals surface area contributed by atoms with E-state index >= 15 is 0 Å². The van der Waals surface area contributed by atoms with E-state index in [9.17, 15) is 13.5 Å². The molecule has 0 saturated heterocycles. The molecule has 1 aliphatic rings. The Balaban J connectivity index is 2.29. The number of anilines is 1. The van der Waals surface area contributed by atoms with E-state index in [2.05, 4.69) is 12.2 Å². The smallest absolute Gasteiger partial charge is 0.179 e. The molecule has 4 nitrogen and oxygen atoms in total. The highest BCUT2D eigenvalue weighted by Gasteiger charge is 2.48. The van der Waals surface area contributed by atoms with Gasteiger partial charge in [0.15, 0.2) is 9.84 Å². The number of hydrogen-bond donors (Lipinski definition) is 2. The van der Waals surface area contributed by atoms with Crippen molar-refractivity contribution in [2.45, 2.75) is 56.4 Å². The monoisotopic (exact) mass is 401 g/mol. The summed E-state index contributed by atoms with van der Waals surface area (Å²) in [7, 11) is -1.70. The highest BCUT2D eigenvalue weighted by atomic mass is 32.2. The molecule has 0 aromatic heterocycles. The first-order valence-electron chi connectivity index (χ1n) is 10.2. The lowest BCUT2D eigenvalue weighted by atomic mass is 9.69. The van der Waals surface area contributed by atoms with Gasteiger partial charge in [-0.2, -0.15) is 0 Å². The average Bonchev–Trinajstić information content (AvgIpc) is 2.78. The summed E-state index contributed by atoms with van der Waals surface area (Å²) in [6, 6.07) is 15.2. The Kier molecular flexibility index (Phi) is 6.15. The molecule has 28 heavy (non-hydrogen) atoms. The van der Waals surface area contributed by atoms with Crippen molar-refractivity contribution >= 4 is 15.5 Å². The van der Waals surface area contributed by atoms with Gasteiger partial charge in [0.1, 0.15) is 0 Å². The fourth-order valence-electron chi connectivity index (χ4n) is 4.55. The summed E-state index contributed by atoms with van der Waals surface area (Å²) in [5, 5.41) is 14.8. The van der Waals surface area contributed by atoms with Gasteiger partial charge >= 0.3 is 0 Å². The molecule has 0 radical (unpaired) electrons. The summed E-state index contributed by atoms with van der Waals surface area (Å²) in [4.78, 5) is 0.353. The van der Waals surface area contributed by atoms with Crippen LogP contribution >= 0.6 is 0 Å². The summed E-state index contributed by atoms with van der Waals surface area (Å²) in [5.74, 6) is -0.383.